The average Bonchev–Trinajstić information content (AvgIpc) is 2.84. The molecule has 4 aromatic rings. The zero-order valence-electron chi connectivity index (χ0n) is 17.6. The van der Waals surface area contributed by atoms with E-state index in [9.17, 15) is 4.79 Å². The van der Waals surface area contributed by atoms with Gasteiger partial charge in [-0.3, -0.25) is 14.7 Å². The second-order valence-electron chi connectivity index (χ2n) is 7.97. The van der Waals surface area contributed by atoms with Crippen LogP contribution in [0.4, 0.5) is 0 Å². The largest absolute Gasteiger partial charge is 0.336 e. The van der Waals surface area contributed by atoms with Crippen molar-refractivity contribution in [3.05, 3.63) is 95.3 Å². The SMILES string of the molecule is O=C(c1cc(-c2ccc(Cl)cc2)nc2ccccc12)N1CCN(Cc2ccccn2)CC1. The second kappa shape index (κ2) is 9.07. The van der Waals surface area contributed by atoms with E-state index in [1.54, 1.807) is 0 Å². The van der Waals surface area contributed by atoms with Gasteiger partial charge in [0.1, 0.15) is 0 Å². The fraction of sp³-hybridized carbons (Fsp3) is 0.192. The third kappa shape index (κ3) is 4.35. The lowest BCUT2D eigenvalue weighted by Crippen LogP contribution is -2.48. The van der Waals surface area contributed by atoms with Crippen molar-refractivity contribution in [3.8, 4) is 11.3 Å². The van der Waals surface area contributed by atoms with Crippen LogP contribution < -0.4 is 0 Å². The van der Waals surface area contributed by atoms with Gasteiger partial charge in [-0.2, -0.15) is 0 Å². The van der Waals surface area contributed by atoms with Crippen LogP contribution in [0.2, 0.25) is 5.02 Å². The fourth-order valence-corrected chi connectivity index (χ4v) is 4.25. The third-order valence-electron chi connectivity index (χ3n) is 5.86. The third-order valence-corrected chi connectivity index (χ3v) is 6.11. The number of rotatable bonds is 4. The number of halogens is 1. The maximum Gasteiger partial charge on any atom is 0.254 e. The summed E-state index contributed by atoms with van der Waals surface area (Å²) in [7, 11) is 0. The van der Waals surface area contributed by atoms with Gasteiger partial charge in [0, 0.05) is 54.9 Å². The lowest BCUT2D eigenvalue weighted by molar-refractivity contribution is 0.0629. The Morgan fingerprint density at radius 1 is 0.906 bits per heavy atom. The Morgan fingerprint density at radius 2 is 1.66 bits per heavy atom. The molecule has 0 radical (unpaired) electrons. The minimum atomic E-state index is 0.0521. The maximum atomic E-state index is 13.6. The number of hydrogen-bond acceptors (Lipinski definition) is 4. The fourth-order valence-electron chi connectivity index (χ4n) is 4.12. The summed E-state index contributed by atoms with van der Waals surface area (Å²) < 4.78 is 0. The van der Waals surface area contributed by atoms with Crippen LogP contribution in [0.25, 0.3) is 22.2 Å². The van der Waals surface area contributed by atoms with Gasteiger partial charge >= 0.3 is 0 Å². The molecule has 1 aliphatic rings. The predicted octanol–water partition coefficient (Wildman–Crippen LogP) is 4.91. The molecule has 6 heteroatoms. The zero-order chi connectivity index (χ0) is 21.9. The van der Waals surface area contributed by atoms with Gasteiger partial charge in [0.25, 0.3) is 5.91 Å². The number of carbonyl (C=O) groups excluding carboxylic acids is 1. The van der Waals surface area contributed by atoms with Crippen molar-refractivity contribution in [1.82, 2.24) is 19.8 Å². The van der Waals surface area contributed by atoms with Crippen LogP contribution in [0.3, 0.4) is 0 Å². The van der Waals surface area contributed by atoms with E-state index in [2.05, 4.69) is 9.88 Å². The number of aromatic nitrogens is 2. The Hall–Kier alpha value is -3.28. The molecule has 2 aromatic carbocycles. The van der Waals surface area contributed by atoms with Gasteiger partial charge in [0.15, 0.2) is 0 Å². The summed E-state index contributed by atoms with van der Waals surface area (Å²) in [6.07, 6.45) is 1.82. The number of nitrogens with zero attached hydrogens (tertiary/aromatic N) is 4. The van der Waals surface area contributed by atoms with Crippen LogP contribution in [0.5, 0.6) is 0 Å². The molecule has 3 heterocycles. The van der Waals surface area contributed by atoms with Crippen molar-refractivity contribution in [2.45, 2.75) is 6.54 Å². The molecule has 0 spiro atoms. The number of para-hydroxylation sites is 1. The van der Waals surface area contributed by atoms with Crippen LogP contribution in [0, 0.1) is 0 Å². The first-order valence-electron chi connectivity index (χ1n) is 10.7. The van der Waals surface area contributed by atoms with E-state index < -0.39 is 0 Å². The molecule has 32 heavy (non-hydrogen) atoms. The molecule has 2 aromatic heterocycles. The Kier molecular flexibility index (Phi) is 5.84. The second-order valence-corrected chi connectivity index (χ2v) is 8.40. The average molecular weight is 443 g/mol. The van der Waals surface area contributed by atoms with E-state index in [4.69, 9.17) is 16.6 Å². The van der Waals surface area contributed by atoms with E-state index >= 15 is 0 Å². The molecule has 5 rings (SSSR count). The molecule has 1 aliphatic heterocycles. The van der Waals surface area contributed by atoms with Crippen LogP contribution in [0.1, 0.15) is 16.1 Å². The normalized spacial score (nSPS) is 14.6. The van der Waals surface area contributed by atoms with Gasteiger partial charge in [-0.1, -0.05) is 48.0 Å². The zero-order valence-corrected chi connectivity index (χ0v) is 18.4. The Labute approximate surface area is 192 Å². The Morgan fingerprint density at radius 3 is 2.41 bits per heavy atom. The highest BCUT2D eigenvalue weighted by Crippen LogP contribution is 2.27. The van der Waals surface area contributed by atoms with Gasteiger partial charge in [0.2, 0.25) is 0 Å². The van der Waals surface area contributed by atoms with Crippen molar-refractivity contribution in [2.24, 2.45) is 0 Å². The molecule has 5 nitrogen and oxygen atoms in total. The van der Waals surface area contributed by atoms with Gasteiger partial charge in [-0.15, -0.1) is 0 Å². The lowest BCUT2D eigenvalue weighted by Gasteiger charge is -2.34. The number of benzene rings is 2. The number of amides is 1. The van der Waals surface area contributed by atoms with Crippen molar-refractivity contribution < 1.29 is 4.79 Å². The topological polar surface area (TPSA) is 49.3 Å². The number of hydrogen-bond donors (Lipinski definition) is 0. The Balaban J connectivity index is 1.39. The number of piperazine rings is 1. The Bertz CT molecular complexity index is 1240. The molecule has 0 unspecified atom stereocenters. The summed E-state index contributed by atoms with van der Waals surface area (Å²) in [5, 5.41) is 1.56. The minimum absolute atomic E-state index is 0.0521. The maximum absolute atomic E-state index is 13.6. The summed E-state index contributed by atoms with van der Waals surface area (Å²) >= 11 is 6.05. The van der Waals surface area contributed by atoms with E-state index in [0.717, 1.165) is 47.5 Å². The van der Waals surface area contributed by atoms with Crippen molar-refractivity contribution in [2.75, 3.05) is 26.2 Å². The first-order chi connectivity index (χ1) is 15.7. The summed E-state index contributed by atoms with van der Waals surface area (Å²) in [6.45, 7) is 3.85. The molecule has 1 amide bonds. The predicted molar refractivity (Wildman–Crippen MR) is 128 cm³/mol. The van der Waals surface area contributed by atoms with Crippen LogP contribution in [0.15, 0.2) is 79.0 Å². The van der Waals surface area contributed by atoms with E-state index in [0.29, 0.717) is 23.7 Å². The smallest absolute Gasteiger partial charge is 0.254 e. The van der Waals surface area contributed by atoms with Gasteiger partial charge in [0.05, 0.1) is 22.5 Å². The number of pyridine rings is 2. The van der Waals surface area contributed by atoms with Crippen molar-refractivity contribution in [3.63, 3.8) is 0 Å². The van der Waals surface area contributed by atoms with Crippen molar-refractivity contribution in [1.29, 1.82) is 0 Å². The summed E-state index contributed by atoms with van der Waals surface area (Å²) in [5.41, 5.74) is 4.28. The van der Waals surface area contributed by atoms with Crippen LogP contribution >= 0.6 is 11.6 Å². The molecule has 1 fully saturated rings. The molecule has 0 bridgehead atoms. The minimum Gasteiger partial charge on any atom is -0.336 e. The van der Waals surface area contributed by atoms with Crippen LogP contribution in [-0.2, 0) is 6.54 Å². The van der Waals surface area contributed by atoms with Gasteiger partial charge in [-0.05, 0) is 36.4 Å². The number of carbonyl (C=O) groups is 1. The molecule has 1 saturated heterocycles. The molecular formula is C26H23ClN4O. The highest BCUT2D eigenvalue weighted by Gasteiger charge is 2.24. The molecule has 0 aliphatic carbocycles. The van der Waals surface area contributed by atoms with E-state index in [1.165, 1.54) is 0 Å². The molecule has 0 saturated carbocycles. The highest BCUT2D eigenvalue weighted by molar-refractivity contribution is 6.30. The quantitative estimate of drug-likeness (QED) is 0.450. The first-order valence-corrected chi connectivity index (χ1v) is 11.1. The standard InChI is InChI=1S/C26H23ClN4O/c27-20-10-8-19(9-11-20)25-17-23(22-6-1-2-7-24(22)29-25)26(32)31-15-13-30(14-16-31)18-21-5-3-4-12-28-21/h1-12,17H,13-16,18H2. The van der Waals surface area contributed by atoms with E-state index in [-0.39, 0.29) is 5.91 Å². The summed E-state index contributed by atoms with van der Waals surface area (Å²) in [5.74, 6) is 0.0521. The monoisotopic (exact) mass is 442 g/mol. The van der Waals surface area contributed by atoms with Gasteiger partial charge in [-0.25, -0.2) is 4.98 Å². The molecule has 160 valence electrons. The number of fused-ring (bicyclic) bond motifs is 1. The molecule has 0 N–H and O–H groups in total. The highest BCUT2D eigenvalue weighted by atomic mass is 35.5. The van der Waals surface area contributed by atoms with Gasteiger partial charge < -0.3 is 4.90 Å². The van der Waals surface area contributed by atoms with Crippen LogP contribution in [-0.4, -0.2) is 51.9 Å². The first kappa shape index (κ1) is 20.6. The lowest BCUT2D eigenvalue weighted by atomic mass is 10.0. The molecular weight excluding hydrogens is 420 g/mol. The van der Waals surface area contributed by atoms with Crippen molar-refractivity contribution >= 4 is 28.4 Å². The summed E-state index contributed by atoms with van der Waals surface area (Å²) in [4.78, 5) is 27.1. The summed E-state index contributed by atoms with van der Waals surface area (Å²) in [6, 6.07) is 23.3. The van der Waals surface area contributed by atoms with E-state index in [1.807, 2.05) is 83.9 Å². The molecule has 0 atom stereocenters.